The molecule has 0 fully saturated rings. The molecule has 1 aliphatic heterocycles. The van der Waals surface area contributed by atoms with Crippen molar-refractivity contribution in [3.63, 3.8) is 0 Å². The van der Waals surface area contributed by atoms with E-state index < -0.39 is 30.0 Å². The SMILES string of the molecule is COC(=O)CCC(C(=O)O)N1CC2=C(C1=O)C(O)CC=C2. The van der Waals surface area contributed by atoms with Crippen molar-refractivity contribution in [2.45, 2.75) is 31.4 Å². The van der Waals surface area contributed by atoms with Gasteiger partial charge in [0.2, 0.25) is 0 Å². The minimum atomic E-state index is -1.18. The first kappa shape index (κ1) is 15.2. The smallest absolute Gasteiger partial charge is 0.326 e. The first-order chi connectivity index (χ1) is 9.95. The molecule has 0 aromatic rings. The van der Waals surface area contributed by atoms with Crippen LogP contribution in [0.1, 0.15) is 19.3 Å². The lowest BCUT2D eigenvalue weighted by Crippen LogP contribution is -2.44. The molecule has 1 heterocycles. The summed E-state index contributed by atoms with van der Waals surface area (Å²) in [4.78, 5) is 36.0. The molecule has 2 aliphatic rings. The third-order valence-electron chi connectivity index (χ3n) is 3.70. The lowest BCUT2D eigenvalue weighted by Gasteiger charge is -2.24. The van der Waals surface area contributed by atoms with Gasteiger partial charge in [-0.15, -0.1) is 0 Å². The number of hydrogen-bond acceptors (Lipinski definition) is 5. The number of esters is 1. The van der Waals surface area contributed by atoms with Crippen LogP contribution in [0.25, 0.3) is 0 Å². The topological polar surface area (TPSA) is 104 Å². The van der Waals surface area contributed by atoms with Gasteiger partial charge in [0.25, 0.3) is 5.91 Å². The second-order valence-electron chi connectivity index (χ2n) is 4.99. The molecule has 7 heteroatoms. The first-order valence-corrected chi connectivity index (χ1v) is 6.64. The highest BCUT2D eigenvalue weighted by atomic mass is 16.5. The number of hydrogen-bond donors (Lipinski definition) is 2. The maximum Gasteiger partial charge on any atom is 0.326 e. The summed E-state index contributed by atoms with van der Waals surface area (Å²) in [6.45, 7) is 0.139. The Balaban J connectivity index is 2.13. The van der Waals surface area contributed by atoms with Gasteiger partial charge in [-0.3, -0.25) is 9.59 Å². The van der Waals surface area contributed by atoms with Crippen LogP contribution in [0.4, 0.5) is 0 Å². The van der Waals surface area contributed by atoms with Crippen LogP contribution in [0.5, 0.6) is 0 Å². The Morgan fingerprint density at radius 3 is 2.81 bits per heavy atom. The molecule has 1 amide bonds. The van der Waals surface area contributed by atoms with Gasteiger partial charge in [-0.1, -0.05) is 12.2 Å². The van der Waals surface area contributed by atoms with Crippen molar-refractivity contribution in [3.05, 3.63) is 23.3 Å². The molecule has 0 radical (unpaired) electrons. The number of carbonyl (C=O) groups excluding carboxylic acids is 2. The number of carboxylic acids is 1. The summed E-state index contributed by atoms with van der Waals surface area (Å²) < 4.78 is 4.48. The Morgan fingerprint density at radius 1 is 1.52 bits per heavy atom. The molecule has 0 aromatic heterocycles. The van der Waals surface area contributed by atoms with Crippen molar-refractivity contribution in [3.8, 4) is 0 Å². The van der Waals surface area contributed by atoms with Crippen molar-refractivity contribution in [2.75, 3.05) is 13.7 Å². The summed E-state index contributed by atoms with van der Waals surface area (Å²) in [5, 5.41) is 19.2. The number of carboxylic acid groups (broad SMARTS) is 1. The van der Waals surface area contributed by atoms with E-state index in [1.165, 1.54) is 12.0 Å². The number of aliphatic hydroxyl groups is 1. The fraction of sp³-hybridized carbons (Fsp3) is 0.500. The predicted molar refractivity (Wildman–Crippen MR) is 71.2 cm³/mol. The lowest BCUT2D eigenvalue weighted by molar-refractivity contribution is -0.149. The molecule has 1 aliphatic carbocycles. The van der Waals surface area contributed by atoms with Crippen LogP contribution < -0.4 is 0 Å². The number of rotatable bonds is 5. The zero-order chi connectivity index (χ0) is 15.6. The van der Waals surface area contributed by atoms with E-state index in [1.807, 2.05) is 0 Å². The zero-order valence-corrected chi connectivity index (χ0v) is 11.6. The van der Waals surface area contributed by atoms with Gasteiger partial charge in [0, 0.05) is 13.0 Å². The molecule has 0 bridgehead atoms. The van der Waals surface area contributed by atoms with Gasteiger partial charge < -0.3 is 19.8 Å². The van der Waals surface area contributed by atoms with E-state index in [9.17, 15) is 24.6 Å². The van der Waals surface area contributed by atoms with Crippen molar-refractivity contribution in [2.24, 2.45) is 0 Å². The quantitative estimate of drug-likeness (QED) is 0.684. The number of aliphatic hydroxyl groups excluding tert-OH is 1. The Kier molecular flexibility index (Phi) is 4.42. The van der Waals surface area contributed by atoms with Crippen LogP contribution in [0.15, 0.2) is 23.3 Å². The Morgan fingerprint density at radius 2 is 2.24 bits per heavy atom. The maximum atomic E-state index is 12.3. The highest BCUT2D eigenvalue weighted by Gasteiger charge is 2.40. The minimum Gasteiger partial charge on any atom is -0.480 e. The monoisotopic (exact) mass is 295 g/mol. The van der Waals surface area contributed by atoms with Crippen LogP contribution in [-0.2, 0) is 19.1 Å². The Hall–Kier alpha value is -2.15. The second-order valence-corrected chi connectivity index (χ2v) is 4.99. The molecule has 2 N–H and O–H groups in total. The maximum absolute atomic E-state index is 12.3. The number of aliphatic carboxylic acids is 1. The van der Waals surface area contributed by atoms with E-state index in [0.717, 1.165) is 0 Å². The fourth-order valence-electron chi connectivity index (χ4n) is 2.61. The minimum absolute atomic E-state index is 0.0197. The third kappa shape index (κ3) is 2.97. The van der Waals surface area contributed by atoms with E-state index >= 15 is 0 Å². The van der Waals surface area contributed by atoms with E-state index in [0.29, 0.717) is 12.0 Å². The lowest BCUT2D eigenvalue weighted by atomic mass is 9.97. The molecular weight excluding hydrogens is 278 g/mol. The molecule has 2 rings (SSSR count). The molecule has 0 aromatic carbocycles. The van der Waals surface area contributed by atoms with Gasteiger partial charge >= 0.3 is 11.9 Å². The highest BCUT2D eigenvalue weighted by molar-refractivity contribution is 6.01. The average molecular weight is 295 g/mol. The van der Waals surface area contributed by atoms with Crippen molar-refractivity contribution < 1.29 is 29.3 Å². The van der Waals surface area contributed by atoms with Gasteiger partial charge in [-0.2, -0.15) is 0 Å². The highest BCUT2D eigenvalue weighted by Crippen LogP contribution is 2.30. The molecule has 0 spiro atoms. The van der Waals surface area contributed by atoms with Gasteiger partial charge in [0.1, 0.15) is 6.04 Å². The summed E-state index contributed by atoms with van der Waals surface area (Å²) in [6.07, 6.45) is 2.84. The summed E-state index contributed by atoms with van der Waals surface area (Å²) in [6, 6.07) is -1.11. The normalized spacial score (nSPS) is 22.3. The van der Waals surface area contributed by atoms with Crippen LogP contribution in [-0.4, -0.2) is 58.8 Å². The van der Waals surface area contributed by atoms with E-state index in [2.05, 4.69) is 4.74 Å². The summed E-state index contributed by atoms with van der Waals surface area (Å²) in [5.41, 5.74) is 0.907. The molecule has 0 saturated carbocycles. The Bertz CT molecular complexity index is 536. The van der Waals surface area contributed by atoms with Gasteiger partial charge in [-0.05, 0) is 18.4 Å². The predicted octanol–water partition coefficient (Wildman–Crippen LogP) is -0.148. The number of amides is 1. The second kappa shape index (κ2) is 6.09. The summed E-state index contributed by atoms with van der Waals surface area (Å²) in [7, 11) is 1.22. The summed E-state index contributed by atoms with van der Waals surface area (Å²) >= 11 is 0. The van der Waals surface area contributed by atoms with E-state index in [1.54, 1.807) is 12.2 Å². The molecule has 2 unspecified atom stereocenters. The molecule has 114 valence electrons. The van der Waals surface area contributed by atoms with Gasteiger partial charge in [-0.25, -0.2) is 4.79 Å². The first-order valence-electron chi connectivity index (χ1n) is 6.64. The average Bonchev–Trinajstić information content (AvgIpc) is 2.77. The van der Waals surface area contributed by atoms with Crippen LogP contribution >= 0.6 is 0 Å². The zero-order valence-electron chi connectivity index (χ0n) is 11.6. The largest absolute Gasteiger partial charge is 0.480 e. The Labute approximate surface area is 121 Å². The molecule has 2 atom stereocenters. The van der Waals surface area contributed by atoms with Crippen LogP contribution in [0.2, 0.25) is 0 Å². The van der Waals surface area contributed by atoms with E-state index in [-0.39, 0.29) is 25.0 Å². The molecular formula is C14H17NO6. The fourth-order valence-corrected chi connectivity index (χ4v) is 2.61. The number of methoxy groups -OCH3 is 1. The molecule has 7 nitrogen and oxygen atoms in total. The standard InChI is InChI=1S/C14H17NO6/c1-21-11(17)6-5-9(14(19)20)15-7-8-3-2-4-10(16)12(8)13(15)18/h2-3,9-10,16H,4-7H2,1H3,(H,19,20). The van der Waals surface area contributed by atoms with E-state index in [4.69, 9.17) is 0 Å². The van der Waals surface area contributed by atoms with Crippen molar-refractivity contribution >= 4 is 17.8 Å². The van der Waals surface area contributed by atoms with Crippen molar-refractivity contribution in [1.82, 2.24) is 4.90 Å². The van der Waals surface area contributed by atoms with Gasteiger partial charge in [0.05, 0.1) is 18.8 Å². The number of carbonyl (C=O) groups is 3. The van der Waals surface area contributed by atoms with Gasteiger partial charge in [0.15, 0.2) is 0 Å². The van der Waals surface area contributed by atoms with Crippen LogP contribution in [0.3, 0.4) is 0 Å². The van der Waals surface area contributed by atoms with Crippen molar-refractivity contribution in [1.29, 1.82) is 0 Å². The molecule has 0 saturated heterocycles. The molecule has 21 heavy (non-hydrogen) atoms. The number of ether oxygens (including phenoxy) is 1. The number of nitrogens with zero attached hydrogens (tertiary/aromatic N) is 1. The van der Waals surface area contributed by atoms with Crippen LogP contribution in [0, 0.1) is 0 Å². The summed E-state index contributed by atoms with van der Waals surface area (Å²) in [5.74, 6) is -2.17. The third-order valence-corrected chi connectivity index (χ3v) is 3.70.